The Balaban J connectivity index is 0.00000253. The quantitative estimate of drug-likeness (QED) is 0.156. The van der Waals surface area contributed by atoms with Crippen molar-refractivity contribution in [1.82, 2.24) is 9.88 Å². The number of aliphatic hydroxyl groups excluding tert-OH is 1. The lowest BCUT2D eigenvalue weighted by molar-refractivity contribution is -0.155. The van der Waals surface area contributed by atoms with Crippen LogP contribution in [-0.4, -0.2) is 102 Å². The maximum absolute atomic E-state index is 13.7. The largest absolute Gasteiger partial charge is 0.519 e. The first-order valence-corrected chi connectivity index (χ1v) is 18.2. The predicted octanol–water partition coefficient (Wildman–Crippen LogP) is 5.79. The maximum atomic E-state index is 13.7. The first-order chi connectivity index (χ1) is 26.6. The maximum Gasteiger partial charge on any atom is 0.519 e. The number of hydrogen-bond donors (Lipinski definition) is 2. The lowest BCUT2D eigenvalue weighted by atomic mass is 9.65. The second-order valence-electron chi connectivity index (χ2n) is 14.0. The second-order valence-corrected chi connectivity index (χ2v) is 14.0. The van der Waals surface area contributed by atoms with Gasteiger partial charge < -0.3 is 48.1 Å². The number of fused-ring (bicyclic) bond motifs is 6. The van der Waals surface area contributed by atoms with Crippen LogP contribution in [0.15, 0.2) is 54.6 Å². The Labute approximate surface area is 320 Å². The fourth-order valence-electron chi connectivity index (χ4n) is 8.40. The summed E-state index contributed by atoms with van der Waals surface area (Å²) in [7, 11) is 10.6. The summed E-state index contributed by atoms with van der Waals surface area (Å²) >= 11 is 0. The number of methoxy groups -OCH3 is 4. The minimum absolute atomic E-state index is 0.0536. The number of carbonyl (C=O) groups is 3. The third-order valence-corrected chi connectivity index (χ3v) is 10.9. The van der Waals surface area contributed by atoms with Crippen LogP contribution >= 0.6 is 0 Å². The molecule has 0 amide bonds. The van der Waals surface area contributed by atoms with Crippen LogP contribution < -0.4 is 28.6 Å². The van der Waals surface area contributed by atoms with Gasteiger partial charge in [0.2, 0.25) is 5.75 Å². The molecular formula is C41H49N3O11. The molecule has 3 aromatic carbocycles. The molecule has 1 saturated carbocycles. The Hall–Kier alpha value is -5.47. The summed E-state index contributed by atoms with van der Waals surface area (Å²) in [6, 6.07) is 16.1. The van der Waals surface area contributed by atoms with E-state index in [0.717, 1.165) is 50.0 Å². The van der Waals surface area contributed by atoms with Crippen molar-refractivity contribution in [2.45, 2.75) is 37.8 Å². The number of nitrogens with zero attached hydrogens (tertiary/aromatic N) is 2. The van der Waals surface area contributed by atoms with Crippen LogP contribution in [0.3, 0.4) is 0 Å². The van der Waals surface area contributed by atoms with Gasteiger partial charge in [0.1, 0.15) is 17.6 Å². The van der Waals surface area contributed by atoms with E-state index < -0.39 is 24.1 Å². The van der Waals surface area contributed by atoms with Gasteiger partial charge in [-0.3, -0.25) is 9.69 Å². The van der Waals surface area contributed by atoms with Crippen LogP contribution in [-0.2, 0) is 20.7 Å². The molecule has 5 atom stereocenters. The Kier molecular flexibility index (Phi) is 12.1. The number of esters is 2. The van der Waals surface area contributed by atoms with Crippen molar-refractivity contribution in [3.8, 4) is 28.7 Å². The second kappa shape index (κ2) is 16.9. The zero-order valence-corrected chi connectivity index (χ0v) is 32.2. The lowest BCUT2D eigenvalue weighted by Gasteiger charge is -2.51. The van der Waals surface area contributed by atoms with Crippen molar-refractivity contribution in [3.05, 3.63) is 71.4 Å². The molecule has 2 aliphatic heterocycles. The number of hydrogen-bond acceptors (Lipinski definition) is 13. The predicted molar refractivity (Wildman–Crippen MR) is 204 cm³/mol. The van der Waals surface area contributed by atoms with E-state index in [4.69, 9.17) is 38.3 Å². The highest BCUT2D eigenvalue weighted by atomic mass is 16.7. The summed E-state index contributed by atoms with van der Waals surface area (Å²) in [6.07, 6.45) is 1.13. The van der Waals surface area contributed by atoms with E-state index in [-0.39, 0.29) is 52.4 Å². The van der Waals surface area contributed by atoms with E-state index in [1.54, 1.807) is 25.3 Å². The number of anilines is 1. The number of benzene rings is 3. The molecule has 2 fully saturated rings. The molecule has 294 valence electrons. The van der Waals surface area contributed by atoms with Crippen molar-refractivity contribution in [1.29, 1.82) is 0 Å². The molecule has 3 heterocycles. The van der Waals surface area contributed by atoms with Crippen LogP contribution in [0.1, 0.15) is 46.9 Å². The van der Waals surface area contributed by atoms with Crippen LogP contribution in [0.5, 0.6) is 28.7 Å². The van der Waals surface area contributed by atoms with Crippen molar-refractivity contribution in [3.63, 3.8) is 0 Å². The molecule has 1 aromatic heterocycles. The van der Waals surface area contributed by atoms with Gasteiger partial charge in [-0.05, 0) is 79.5 Å². The van der Waals surface area contributed by atoms with E-state index in [2.05, 4.69) is 16.0 Å². The Morgan fingerprint density at radius 1 is 0.855 bits per heavy atom. The highest BCUT2D eigenvalue weighted by molar-refractivity contribution is 5.92. The first kappa shape index (κ1) is 39.2. The molecule has 0 spiro atoms. The Morgan fingerprint density at radius 3 is 2.27 bits per heavy atom. The smallest absolute Gasteiger partial charge is 0.497 e. The molecule has 2 N–H and O–H groups in total. The van der Waals surface area contributed by atoms with E-state index in [1.807, 2.05) is 37.2 Å². The van der Waals surface area contributed by atoms with Crippen LogP contribution in [0, 0.1) is 17.8 Å². The van der Waals surface area contributed by atoms with Gasteiger partial charge in [-0.15, -0.1) is 0 Å². The third kappa shape index (κ3) is 8.01. The lowest BCUT2D eigenvalue weighted by Crippen LogP contribution is -2.52. The first-order valence-electron chi connectivity index (χ1n) is 18.2. The van der Waals surface area contributed by atoms with Gasteiger partial charge >= 0.3 is 18.1 Å². The fourth-order valence-corrected chi connectivity index (χ4v) is 8.40. The van der Waals surface area contributed by atoms with Gasteiger partial charge in [0.15, 0.2) is 11.5 Å². The number of aromatic nitrogens is 1. The van der Waals surface area contributed by atoms with Crippen LogP contribution in [0.4, 0.5) is 10.5 Å². The summed E-state index contributed by atoms with van der Waals surface area (Å²) < 4.78 is 38.8. The Bertz CT molecular complexity index is 2000. The minimum Gasteiger partial charge on any atom is -0.497 e. The van der Waals surface area contributed by atoms with Gasteiger partial charge in [0, 0.05) is 68.7 Å². The SMILES string of the molecule is CO.COC(=O)C1CC(OC(=O)c2cc(OC)c(OC(=O)Oc3cccc(N(C)C)c3)c(OC)c2)C[C@@H]2CN3CCc4c([nH]c5cc(OC)ccc45)C3C[C@H]12. The number of aliphatic hydroxyl groups is 1. The van der Waals surface area contributed by atoms with Crippen molar-refractivity contribution in [2.24, 2.45) is 17.8 Å². The molecule has 7 rings (SSSR count). The van der Waals surface area contributed by atoms with Gasteiger partial charge in [-0.25, -0.2) is 9.59 Å². The van der Waals surface area contributed by atoms with Crippen molar-refractivity contribution < 1.29 is 52.6 Å². The van der Waals surface area contributed by atoms with Crippen molar-refractivity contribution >= 4 is 34.7 Å². The highest BCUT2D eigenvalue weighted by Gasteiger charge is 2.49. The summed E-state index contributed by atoms with van der Waals surface area (Å²) in [5.74, 6) is 0.0271. The zero-order valence-electron chi connectivity index (χ0n) is 32.2. The Morgan fingerprint density at radius 2 is 1.60 bits per heavy atom. The fraction of sp³-hybridized carbons (Fsp3) is 0.439. The van der Waals surface area contributed by atoms with E-state index in [0.29, 0.717) is 12.8 Å². The number of carbonyl (C=O) groups excluding carboxylic acids is 3. The molecule has 0 radical (unpaired) electrons. The van der Waals surface area contributed by atoms with E-state index in [9.17, 15) is 14.4 Å². The molecular weight excluding hydrogens is 710 g/mol. The standard InChI is InChI=1S/C40H45N3O10.CH4O/c1-42(2)24-8-7-9-26(17-24)52-40(46)53-37-34(48-4)15-22(16-35(37)49-5)38(44)51-27-14-23-21-43-13-12-29-28-11-10-25(47-3)19-32(28)41-36(29)33(43)20-30(23)31(18-27)39(45)50-6;1-2/h7-11,15-17,19,23,27,30-31,33,41H,12-14,18,20-21H2,1-6H3;2H,1H3/t23-,27?,30+,31?,33?;/m1./s1. The van der Waals surface area contributed by atoms with E-state index in [1.165, 1.54) is 50.1 Å². The summed E-state index contributed by atoms with van der Waals surface area (Å²) in [6.45, 7) is 1.68. The highest BCUT2D eigenvalue weighted by Crippen LogP contribution is 2.50. The van der Waals surface area contributed by atoms with Crippen LogP contribution in [0.2, 0.25) is 0 Å². The van der Waals surface area contributed by atoms with Gasteiger partial charge in [0.05, 0.1) is 46.0 Å². The summed E-state index contributed by atoms with van der Waals surface area (Å²) in [4.78, 5) is 47.9. The number of nitrogens with one attached hydrogen (secondary N) is 1. The average Bonchev–Trinajstić information content (AvgIpc) is 3.58. The third-order valence-electron chi connectivity index (χ3n) is 10.9. The monoisotopic (exact) mass is 759 g/mol. The number of ether oxygens (including phenoxy) is 7. The molecule has 1 saturated heterocycles. The topological polar surface area (TPSA) is 158 Å². The van der Waals surface area contributed by atoms with Crippen molar-refractivity contribution in [2.75, 3.05) is 67.6 Å². The van der Waals surface area contributed by atoms with Gasteiger partial charge in [0.25, 0.3) is 0 Å². The number of piperidine rings is 1. The normalized spacial score (nSPS) is 21.3. The van der Waals surface area contributed by atoms with Crippen LogP contribution in [0.25, 0.3) is 10.9 Å². The van der Waals surface area contributed by atoms with E-state index >= 15 is 0 Å². The molecule has 1 aliphatic carbocycles. The number of H-pyrrole nitrogens is 1. The summed E-state index contributed by atoms with van der Waals surface area (Å²) in [5, 5.41) is 8.21. The molecule has 55 heavy (non-hydrogen) atoms. The number of aromatic amines is 1. The van der Waals surface area contributed by atoms with Gasteiger partial charge in [-0.2, -0.15) is 0 Å². The molecule has 14 nitrogen and oxygen atoms in total. The minimum atomic E-state index is -1.01. The molecule has 3 aliphatic rings. The molecule has 3 unspecified atom stereocenters. The average molecular weight is 760 g/mol. The zero-order chi connectivity index (χ0) is 39.4. The molecule has 0 bridgehead atoms. The molecule has 4 aromatic rings. The number of rotatable bonds is 9. The van der Waals surface area contributed by atoms with Gasteiger partial charge in [-0.1, -0.05) is 6.07 Å². The molecule has 14 heteroatoms. The summed E-state index contributed by atoms with van der Waals surface area (Å²) in [5.41, 5.74) is 4.56.